The fourth-order valence-corrected chi connectivity index (χ4v) is 3.58. The normalized spacial score (nSPS) is 19.7. The fourth-order valence-electron chi connectivity index (χ4n) is 3.58. The van der Waals surface area contributed by atoms with E-state index in [2.05, 4.69) is 0 Å². The molecule has 0 aliphatic carbocycles. The van der Waals surface area contributed by atoms with Crippen LogP contribution in [0.4, 0.5) is 0 Å². The molecule has 138 valence electrons. The van der Waals surface area contributed by atoms with Gasteiger partial charge in [0.2, 0.25) is 0 Å². The molecule has 0 saturated carbocycles. The molecular weight excluding hydrogens is 332 g/mol. The molecule has 2 unspecified atom stereocenters. The quantitative estimate of drug-likeness (QED) is 0.746. The van der Waals surface area contributed by atoms with E-state index in [4.69, 9.17) is 9.47 Å². The molecule has 0 radical (unpaired) electrons. The summed E-state index contributed by atoms with van der Waals surface area (Å²) < 4.78 is 11.1. The van der Waals surface area contributed by atoms with Crippen LogP contribution < -0.4 is 4.74 Å². The smallest absolute Gasteiger partial charge is 0.129 e. The van der Waals surface area contributed by atoms with Crippen molar-refractivity contribution in [1.29, 1.82) is 0 Å². The average Bonchev–Trinajstić information content (AvgIpc) is 2.80. The summed E-state index contributed by atoms with van der Waals surface area (Å²) in [6.45, 7) is 0.620. The molecule has 0 fully saturated rings. The Hall–Kier alpha value is -2.21. The topological polar surface area (TPSA) is 76.0 Å². The number of ether oxygens (including phenoxy) is 2. The Kier molecular flexibility index (Phi) is 5.71. The molecule has 1 heterocycles. The second-order valence-electron chi connectivity index (χ2n) is 6.59. The van der Waals surface area contributed by atoms with Crippen LogP contribution in [0.2, 0.25) is 0 Å². The molecule has 0 saturated heterocycles. The molecule has 0 spiro atoms. The van der Waals surface area contributed by atoms with E-state index in [-0.39, 0.29) is 13.2 Å². The Balaban J connectivity index is 2.15. The van der Waals surface area contributed by atoms with Crippen LogP contribution in [0.1, 0.15) is 41.0 Å². The van der Waals surface area contributed by atoms with Crippen LogP contribution in [-0.2, 0) is 21.7 Å². The molecule has 0 aromatic heterocycles. The first-order chi connectivity index (χ1) is 12.6. The zero-order valence-corrected chi connectivity index (χ0v) is 14.9. The first kappa shape index (κ1) is 18.6. The Bertz CT molecular complexity index is 773. The van der Waals surface area contributed by atoms with Crippen molar-refractivity contribution >= 4 is 6.29 Å². The number of methoxy groups -OCH3 is 1. The van der Waals surface area contributed by atoms with Gasteiger partial charge in [0.1, 0.15) is 24.2 Å². The lowest BCUT2D eigenvalue weighted by Crippen LogP contribution is -2.28. The molecule has 5 nitrogen and oxygen atoms in total. The lowest BCUT2D eigenvalue weighted by Gasteiger charge is -2.30. The van der Waals surface area contributed by atoms with Gasteiger partial charge >= 0.3 is 0 Å². The molecule has 2 atom stereocenters. The zero-order valence-electron chi connectivity index (χ0n) is 14.9. The third kappa shape index (κ3) is 3.38. The Morgan fingerprint density at radius 3 is 2.81 bits per heavy atom. The molecule has 0 amide bonds. The van der Waals surface area contributed by atoms with E-state index < -0.39 is 11.5 Å². The van der Waals surface area contributed by atoms with Gasteiger partial charge in [-0.05, 0) is 41.7 Å². The number of hydrogen-bond donors (Lipinski definition) is 2. The van der Waals surface area contributed by atoms with Gasteiger partial charge in [0.05, 0.1) is 12.5 Å². The van der Waals surface area contributed by atoms with Gasteiger partial charge in [-0.25, -0.2) is 0 Å². The summed E-state index contributed by atoms with van der Waals surface area (Å²) in [6.07, 6.45) is 1.66. The number of benzene rings is 2. The molecule has 2 N–H and O–H groups in total. The minimum atomic E-state index is -1.29. The SMILES string of the molecule is COCC(C=O)c1ccc2c(c1)C(O)(CCCO)c1ccccc1CO2. The van der Waals surface area contributed by atoms with Crippen LogP contribution in [-0.4, -0.2) is 36.8 Å². The van der Waals surface area contributed by atoms with Crippen LogP contribution >= 0.6 is 0 Å². The van der Waals surface area contributed by atoms with Gasteiger partial charge in [0.15, 0.2) is 0 Å². The average molecular weight is 356 g/mol. The number of aliphatic hydroxyl groups excluding tert-OH is 1. The minimum absolute atomic E-state index is 0.0129. The summed E-state index contributed by atoms with van der Waals surface area (Å²) in [4.78, 5) is 11.5. The predicted octanol–water partition coefficient (Wildman–Crippen LogP) is 2.52. The van der Waals surface area contributed by atoms with E-state index in [0.717, 1.165) is 23.0 Å². The second-order valence-corrected chi connectivity index (χ2v) is 6.59. The minimum Gasteiger partial charge on any atom is -0.488 e. The van der Waals surface area contributed by atoms with Gasteiger partial charge in [0.25, 0.3) is 0 Å². The Morgan fingerprint density at radius 2 is 2.08 bits per heavy atom. The molecular formula is C21H24O5. The lowest BCUT2D eigenvalue weighted by molar-refractivity contribution is -0.110. The van der Waals surface area contributed by atoms with Crippen molar-refractivity contribution in [2.45, 2.75) is 31.0 Å². The van der Waals surface area contributed by atoms with Gasteiger partial charge in [-0.1, -0.05) is 30.3 Å². The van der Waals surface area contributed by atoms with Gasteiger partial charge < -0.3 is 24.5 Å². The van der Waals surface area contributed by atoms with E-state index in [9.17, 15) is 15.0 Å². The highest BCUT2D eigenvalue weighted by Gasteiger charge is 2.38. The molecule has 3 rings (SSSR count). The van der Waals surface area contributed by atoms with Crippen molar-refractivity contribution in [2.75, 3.05) is 20.3 Å². The molecule has 5 heteroatoms. The standard InChI is InChI=1S/C21H24O5/c1-25-13-17(12-23)15-7-8-20-19(11-15)21(24,9-4-10-22)18-6-3-2-5-16(18)14-26-20/h2-3,5-8,11-12,17,22,24H,4,9-10,13-14H2,1H3. The summed E-state index contributed by atoms with van der Waals surface area (Å²) in [7, 11) is 1.55. The van der Waals surface area contributed by atoms with Crippen molar-refractivity contribution in [2.24, 2.45) is 0 Å². The maximum Gasteiger partial charge on any atom is 0.129 e. The van der Waals surface area contributed by atoms with Crippen molar-refractivity contribution in [3.63, 3.8) is 0 Å². The summed E-state index contributed by atoms with van der Waals surface area (Å²) in [5, 5.41) is 21.0. The largest absolute Gasteiger partial charge is 0.488 e. The molecule has 1 aliphatic rings. The Labute approximate surface area is 153 Å². The Morgan fingerprint density at radius 1 is 1.27 bits per heavy atom. The maximum absolute atomic E-state index is 11.7. The zero-order chi connectivity index (χ0) is 18.6. The van der Waals surface area contributed by atoms with Crippen molar-refractivity contribution < 1.29 is 24.5 Å². The monoisotopic (exact) mass is 356 g/mol. The fraction of sp³-hybridized carbons (Fsp3) is 0.381. The first-order valence-electron chi connectivity index (χ1n) is 8.77. The van der Waals surface area contributed by atoms with E-state index in [1.54, 1.807) is 13.2 Å². The van der Waals surface area contributed by atoms with Crippen molar-refractivity contribution in [1.82, 2.24) is 0 Å². The number of fused-ring (bicyclic) bond motifs is 2. The van der Waals surface area contributed by atoms with Crippen LogP contribution in [0.3, 0.4) is 0 Å². The number of hydrogen-bond acceptors (Lipinski definition) is 5. The van der Waals surface area contributed by atoms with Gasteiger partial charge in [-0.2, -0.15) is 0 Å². The van der Waals surface area contributed by atoms with E-state index in [0.29, 0.717) is 30.8 Å². The van der Waals surface area contributed by atoms with Crippen LogP contribution in [0.5, 0.6) is 5.75 Å². The number of rotatable bonds is 7. The van der Waals surface area contributed by atoms with Gasteiger partial charge in [-0.3, -0.25) is 0 Å². The second kappa shape index (κ2) is 7.99. The van der Waals surface area contributed by atoms with Crippen molar-refractivity contribution in [3.8, 4) is 5.75 Å². The third-order valence-corrected chi connectivity index (χ3v) is 4.93. The van der Waals surface area contributed by atoms with E-state index in [1.165, 1.54) is 0 Å². The number of aliphatic hydroxyl groups is 2. The highest BCUT2D eigenvalue weighted by Crippen LogP contribution is 2.44. The number of carbonyl (C=O) groups excluding carboxylic acids is 1. The lowest BCUT2D eigenvalue weighted by atomic mass is 9.79. The third-order valence-electron chi connectivity index (χ3n) is 4.93. The summed E-state index contributed by atoms with van der Waals surface area (Å²) in [5.74, 6) is 0.179. The summed E-state index contributed by atoms with van der Waals surface area (Å²) in [5.41, 5.74) is 1.79. The highest BCUT2D eigenvalue weighted by molar-refractivity contribution is 5.64. The van der Waals surface area contributed by atoms with Crippen molar-refractivity contribution in [3.05, 3.63) is 64.7 Å². The molecule has 0 bridgehead atoms. The molecule has 2 aromatic carbocycles. The molecule has 26 heavy (non-hydrogen) atoms. The van der Waals surface area contributed by atoms with E-state index in [1.807, 2.05) is 36.4 Å². The summed E-state index contributed by atoms with van der Waals surface area (Å²) in [6, 6.07) is 13.1. The van der Waals surface area contributed by atoms with Crippen LogP contribution in [0.15, 0.2) is 42.5 Å². The van der Waals surface area contributed by atoms with Gasteiger partial charge in [-0.15, -0.1) is 0 Å². The van der Waals surface area contributed by atoms with Crippen LogP contribution in [0, 0.1) is 0 Å². The van der Waals surface area contributed by atoms with E-state index >= 15 is 0 Å². The van der Waals surface area contributed by atoms with Crippen LogP contribution in [0.25, 0.3) is 0 Å². The predicted molar refractivity (Wildman–Crippen MR) is 97.2 cm³/mol. The maximum atomic E-state index is 11.7. The number of carbonyl (C=O) groups is 1. The first-order valence-corrected chi connectivity index (χ1v) is 8.77. The number of aldehydes is 1. The molecule has 2 aromatic rings. The van der Waals surface area contributed by atoms with Gasteiger partial charge in [0, 0.05) is 19.3 Å². The highest BCUT2D eigenvalue weighted by atomic mass is 16.5. The summed E-state index contributed by atoms with van der Waals surface area (Å²) >= 11 is 0. The molecule has 1 aliphatic heterocycles.